The van der Waals surface area contributed by atoms with E-state index in [0.29, 0.717) is 16.5 Å². The Bertz CT molecular complexity index is 661. The summed E-state index contributed by atoms with van der Waals surface area (Å²) in [4.78, 5) is 0. The molecule has 112 valence electrons. The molecule has 2 aromatic carbocycles. The van der Waals surface area contributed by atoms with Gasteiger partial charge in [0.1, 0.15) is 17.4 Å². The highest BCUT2D eigenvalue weighted by atomic mass is 35.5. The van der Waals surface area contributed by atoms with Crippen molar-refractivity contribution in [3.63, 3.8) is 0 Å². The normalized spacial score (nSPS) is 12.1. The summed E-state index contributed by atoms with van der Waals surface area (Å²) >= 11 is 6.04. The Hall–Kier alpha value is -1.81. The van der Waals surface area contributed by atoms with Crippen molar-refractivity contribution in [1.82, 2.24) is 0 Å². The first-order valence-electron chi connectivity index (χ1n) is 6.48. The van der Waals surface area contributed by atoms with Crippen molar-refractivity contribution in [2.45, 2.75) is 19.9 Å². The van der Waals surface area contributed by atoms with Crippen LogP contribution in [0.3, 0.4) is 0 Å². The number of benzene rings is 2. The lowest BCUT2D eigenvalue weighted by molar-refractivity contribution is 0.415. The molecule has 0 aromatic heterocycles. The molecule has 0 saturated heterocycles. The fraction of sp³-hybridized carbons (Fsp3) is 0.250. The zero-order chi connectivity index (χ0) is 15.6. The molecule has 2 nitrogen and oxygen atoms in total. The minimum absolute atomic E-state index is 0.269. The third-order valence-corrected chi connectivity index (χ3v) is 3.57. The predicted octanol–water partition coefficient (Wildman–Crippen LogP) is 5.11. The van der Waals surface area contributed by atoms with Gasteiger partial charge in [0, 0.05) is 11.3 Å². The predicted molar refractivity (Wildman–Crippen MR) is 81.1 cm³/mol. The van der Waals surface area contributed by atoms with Crippen LogP contribution in [-0.4, -0.2) is 7.11 Å². The van der Waals surface area contributed by atoms with Crippen molar-refractivity contribution in [3.05, 3.63) is 58.1 Å². The molecule has 2 aromatic rings. The average molecular weight is 312 g/mol. The summed E-state index contributed by atoms with van der Waals surface area (Å²) in [6.45, 7) is 3.29. The Labute approximate surface area is 127 Å². The first-order valence-corrected chi connectivity index (χ1v) is 6.85. The second-order valence-corrected chi connectivity index (χ2v) is 5.25. The molecule has 0 radical (unpaired) electrons. The van der Waals surface area contributed by atoms with Crippen molar-refractivity contribution in [2.24, 2.45) is 0 Å². The summed E-state index contributed by atoms with van der Waals surface area (Å²) in [6, 6.07) is 7.17. The monoisotopic (exact) mass is 311 g/mol. The highest BCUT2D eigenvalue weighted by Crippen LogP contribution is 2.30. The lowest BCUT2D eigenvalue weighted by atomic mass is 10.0. The molecule has 0 aliphatic carbocycles. The molecule has 1 N–H and O–H groups in total. The first-order chi connectivity index (χ1) is 9.92. The lowest BCUT2D eigenvalue weighted by Gasteiger charge is -2.18. The van der Waals surface area contributed by atoms with Crippen LogP contribution in [0.2, 0.25) is 5.02 Å². The maximum Gasteiger partial charge on any atom is 0.137 e. The molecule has 0 aliphatic rings. The van der Waals surface area contributed by atoms with Gasteiger partial charge < -0.3 is 10.1 Å². The number of methoxy groups -OCH3 is 1. The molecule has 0 saturated carbocycles. The number of nitrogens with one attached hydrogen (secondary N) is 1. The van der Waals surface area contributed by atoms with Gasteiger partial charge in [-0.15, -0.1) is 0 Å². The highest BCUT2D eigenvalue weighted by molar-refractivity contribution is 6.32. The molecule has 5 heteroatoms. The van der Waals surface area contributed by atoms with Crippen LogP contribution in [0.15, 0.2) is 30.3 Å². The Morgan fingerprint density at radius 1 is 1.14 bits per heavy atom. The van der Waals surface area contributed by atoms with Crippen LogP contribution in [-0.2, 0) is 0 Å². The maximum atomic E-state index is 13.9. The molecular formula is C16H16ClF2NO. The van der Waals surface area contributed by atoms with Gasteiger partial charge in [-0.25, -0.2) is 8.78 Å². The van der Waals surface area contributed by atoms with E-state index < -0.39 is 17.7 Å². The van der Waals surface area contributed by atoms with Crippen LogP contribution in [0.1, 0.15) is 24.1 Å². The van der Waals surface area contributed by atoms with Gasteiger partial charge in [0.15, 0.2) is 0 Å². The molecule has 2 rings (SSSR count). The quantitative estimate of drug-likeness (QED) is 0.847. The summed E-state index contributed by atoms with van der Waals surface area (Å²) in [6.07, 6.45) is 0. The van der Waals surface area contributed by atoms with Crippen molar-refractivity contribution in [3.8, 4) is 5.75 Å². The second kappa shape index (κ2) is 6.31. The molecule has 0 heterocycles. The van der Waals surface area contributed by atoms with Gasteiger partial charge in [0.25, 0.3) is 0 Å². The van der Waals surface area contributed by atoms with Crippen LogP contribution in [0.4, 0.5) is 14.5 Å². The molecule has 21 heavy (non-hydrogen) atoms. The van der Waals surface area contributed by atoms with Gasteiger partial charge in [0.2, 0.25) is 0 Å². The van der Waals surface area contributed by atoms with Crippen molar-refractivity contribution < 1.29 is 13.5 Å². The van der Waals surface area contributed by atoms with E-state index in [2.05, 4.69) is 5.32 Å². The number of aryl methyl sites for hydroxylation is 1. The van der Waals surface area contributed by atoms with Crippen LogP contribution in [0, 0.1) is 18.6 Å². The second-order valence-electron chi connectivity index (χ2n) is 4.84. The van der Waals surface area contributed by atoms with Gasteiger partial charge in [-0.2, -0.15) is 0 Å². The van der Waals surface area contributed by atoms with Crippen molar-refractivity contribution in [1.29, 1.82) is 0 Å². The molecule has 0 bridgehead atoms. The number of anilines is 1. The number of hydrogen-bond donors (Lipinski definition) is 1. The zero-order valence-corrected chi connectivity index (χ0v) is 12.8. The van der Waals surface area contributed by atoms with Crippen LogP contribution in [0.25, 0.3) is 0 Å². The Balaban J connectivity index is 2.23. The van der Waals surface area contributed by atoms with E-state index in [1.807, 2.05) is 0 Å². The number of hydrogen-bond acceptors (Lipinski definition) is 2. The zero-order valence-electron chi connectivity index (χ0n) is 12.0. The van der Waals surface area contributed by atoms with E-state index in [4.69, 9.17) is 16.3 Å². The maximum absolute atomic E-state index is 13.9. The third kappa shape index (κ3) is 3.45. The minimum atomic E-state index is -0.437. The number of rotatable bonds is 4. The van der Waals surface area contributed by atoms with Gasteiger partial charge in [-0.1, -0.05) is 11.6 Å². The van der Waals surface area contributed by atoms with E-state index in [1.54, 1.807) is 25.1 Å². The fourth-order valence-electron chi connectivity index (χ4n) is 2.08. The minimum Gasteiger partial charge on any atom is -0.495 e. The Morgan fingerprint density at radius 2 is 1.86 bits per heavy atom. The molecule has 0 amide bonds. The summed E-state index contributed by atoms with van der Waals surface area (Å²) in [5.41, 5.74) is 1.26. The van der Waals surface area contributed by atoms with Gasteiger partial charge >= 0.3 is 0 Å². The number of ether oxygens (including phenoxy) is 1. The Kier molecular flexibility index (Phi) is 4.68. The van der Waals surface area contributed by atoms with Crippen LogP contribution >= 0.6 is 11.6 Å². The molecule has 1 unspecified atom stereocenters. The molecular weight excluding hydrogens is 296 g/mol. The van der Waals surface area contributed by atoms with E-state index in [-0.39, 0.29) is 11.1 Å². The van der Waals surface area contributed by atoms with Crippen LogP contribution < -0.4 is 10.1 Å². The molecule has 0 spiro atoms. The lowest BCUT2D eigenvalue weighted by Crippen LogP contribution is -2.09. The van der Waals surface area contributed by atoms with Gasteiger partial charge in [0.05, 0.1) is 18.2 Å². The SMILES string of the molecule is COc1ccc(NC(C)c2cc(F)c(C)cc2F)cc1Cl. The topological polar surface area (TPSA) is 21.3 Å². The van der Waals surface area contributed by atoms with E-state index >= 15 is 0 Å². The molecule has 0 fully saturated rings. The first kappa shape index (κ1) is 15.6. The van der Waals surface area contributed by atoms with E-state index in [1.165, 1.54) is 26.2 Å². The Morgan fingerprint density at radius 3 is 2.48 bits per heavy atom. The summed E-state index contributed by atoms with van der Waals surface area (Å²) in [5.74, 6) is -0.302. The smallest absolute Gasteiger partial charge is 0.137 e. The number of halogens is 3. The average Bonchev–Trinajstić information content (AvgIpc) is 2.43. The largest absolute Gasteiger partial charge is 0.495 e. The molecule has 0 aliphatic heterocycles. The van der Waals surface area contributed by atoms with Gasteiger partial charge in [-0.05, 0) is 49.7 Å². The van der Waals surface area contributed by atoms with E-state index in [9.17, 15) is 8.78 Å². The van der Waals surface area contributed by atoms with Crippen LogP contribution in [0.5, 0.6) is 5.75 Å². The van der Waals surface area contributed by atoms with Gasteiger partial charge in [-0.3, -0.25) is 0 Å². The molecule has 1 atom stereocenters. The summed E-state index contributed by atoms with van der Waals surface area (Å²) < 4.78 is 32.6. The van der Waals surface area contributed by atoms with Crippen molar-refractivity contribution in [2.75, 3.05) is 12.4 Å². The van der Waals surface area contributed by atoms with E-state index in [0.717, 1.165) is 0 Å². The summed E-state index contributed by atoms with van der Waals surface area (Å²) in [5, 5.41) is 3.54. The summed E-state index contributed by atoms with van der Waals surface area (Å²) in [7, 11) is 1.53. The van der Waals surface area contributed by atoms with Crippen molar-refractivity contribution >= 4 is 17.3 Å². The fourth-order valence-corrected chi connectivity index (χ4v) is 2.34. The highest BCUT2D eigenvalue weighted by Gasteiger charge is 2.14. The standard InChI is InChI=1S/C16H16ClF2NO/c1-9-6-15(19)12(8-14(9)18)10(2)20-11-4-5-16(21-3)13(17)7-11/h4-8,10,20H,1-3H3. The third-order valence-electron chi connectivity index (χ3n) is 3.28.